The molecule has 3 aromatic rings. The van der Waals surface area contributed by atoms with Gasteiger partial charge in [-0.1, -0.05) is 49.0 Å². The smallest absolute Gasteiger partial charge is 0.230 e. The molecular weight excluding hydrogens is 374 g/mol. The van der Waals surface area contributed by atoms with Gasteiger partial charge in [0.05, 0.1) is 5.75 Å². The lowest BCUT2D eigenvalue weighted by atomic mass is 9.89. The number of amides is 1. The minimum absolute atomic E-state index is 0.0333. The molecule has 0 saturated carbocycles. The number of thiophene rings is 1. The van der Waals surface area contributed by atoms with Crippen molar-refractivity contribution in [3.63, 3.8) is 0 Å². The zero-order chi connectivity index (χ0) is 18.8. The molecule has 0 spiro atoms. The predicted molar refractivity (Wildman–Crippen MR) is 112 cm³/mol. The minimum atomic E-state index is 0.0333. The fourth-order valence-corrected chi connectivity index (χ4v) is 5.92. The molecule has 27 heavy (non-hydrogen) atoms. The van der Waals surface area contributed by atoms with Crippen molar-refractivity contribution in [1.29, 1.82) is 0 Å². The first-order valence-corrected chi connectivity index (χ1v) is 11.1. The Morgan fingerprint density at radius 1 is 1.30 bits per heavy atom. The third kappa shape index (κ3) is 4.17. The minimum Gasteiger partial charge on any atom is -0.351 e. The summed E-state index contributed by atoms with van der Waals surface area (Å²) in [6.45, 7) is 4.81. The number of nitrogens with zero attached hydrogens (tertiary/aromatic N) is 2. The number of benzene rings is 1. The molecule has 1 atom stereocenters. The lowest BCUT2D eigenvalue weighted by molar-refractivity contribution is -0.118. The number of hydrogen-bond acceptors (Lipinski definition) is 5. The van der Waals surface area contributed by atoms with Crippen LogP contribution in [0.4, 0.5) is 0 Å². The fourth-order valence-electron chi connectivity index (χ4n) is 3.50. The van der Waals surface area contributed by atoms with Crippen molar-refractivity contribution < 1.29 is 4.79 Å². The zero-order valence-electron chi connectivity index (χ0n) is 15.6. The molecule has 2 aromatic heterocycles. The highest BCUT2D eigenvalue weighted by Gasteiger charge is 2.24. The summed E-state index contributed by atoms with van der Waals surface area (Å²) in [5.41, 5.74) is 2.53. The summed E-state index contributed by atoms with van der Waals surface area (Å²) in [5, 5.41) is 5.14. The number of rotatable bonds is 5. The van der Waals surface area contributed by atoms with Crippen molar-refractivity contribution in [3.8, 4) is 0 Å². The number of aromatic nitrogens is 2. The maximum Gasteiger partial charge on any atom is 0.230 e. The fraction of sp³-hybridized carbons (Fsp3) is 0.381. The quantitative estimate of drug-likeness (QED) is 0.507. The standard InChI is InChI=1S/C21H23N3OS2/c1-13-8-9-16-17(10-13)27-21-19(16)20(23-14(2)24-21)26-12-18(25)22-11-15-6-4-3-5-7-15/h3-7,13H,8-12H2,1-2H3,(H,22,25)/t13-/m1/s1. The van der Waals surface area contributed by atoms with Gasteiger partial charge in [-0.15, -0.1) is 11.3 Å². The van der Waals surface area contributed by atoms with E-state index in [0.717, 1.165) is 40.0 Å². The van der Waals surface area contributed by atoms with Crippen LogP contribution < -0.4 is 5.32 Å². The van der Waals surface area contributed by atoms with E-state index < -0.39 is 0 Å². The molecule has 1 aromatic carbocycles. The molecule has 0 bridgehead atoms. The van der Waals surface area contributed by atoms with Gasteiger partial charge in [0.15, 0.2) is 0 Å². The molecule has 4 rings (SSSR count). The first-order valence-electron chi connectivity index (χ1n) is 9.32. The van der Waals surface area contributed by atoms with Gasteiger partial charge in [0, 0.05) is 16.8 Å². The van der Waals surface area contributed by atoms with E-state index in [4.69, 9.17) is 0 Å². The monoisotopic (exact) mass is 397 g/mol. The van der Waals surface area contributed by atoms with Crippen molar-refractivity contribution in [2.75, 3.05) is 5.75 Å². The summed E-state index contributed by atoms with van der Waals surface area (Å²) < 4.78 is 0. The van der Waals surface area contributed by atoms with Crippen LogP contribution in [0.3, 0.4) is 0 Å². The van der Waals surface area contributed by atoms with Crippen LogP contribution in [0, 0.1) is 12.8 Å². The van der Waals surface area contributed by atoms with Crippen molar-refractivity contribution in [1.82, 2.24) is 15.3 Å². The molecule has 1 N–H and O–H groups in total. The van der Waals surface area contributed by atoms with E-state index in [9.17, 15) is 4.79 Å². The van der Waals surface area contributed by atoms with Gasteiger partial charge in [-0.3, -0.25) is 4.79 Å². The molecule has 0 unspecified atom stereocenters. The summed E-state index contributed by atoms with van der Waals surface area (Å²) in [4.78, 5) is 24.2. The molecular formula is C21H23N3OS2. The van der Waals surface area contributed by atoms with Gasteiger partial charge in [0.1, 0.15) is 15.7 Å². The molecule has 0 radical (unpaired) electrons. The van der Waals surface area contributed by atoms with Crippen molar-refractivity contribution in [2.45, 2.75) is 44.7 Å². The normalized spacial score (nSPS) is 16.3. The van der Waals surface area contributed by atoms with Crippen LogP contribution in [0.1, 0.15) is 35.2 Å². The molecule has 1 aliphatic carbocycles. The molecule has 1 aliphatic rings. The van der Waals surface area contributed by atoms with Gasteiger partial charge in [-0.2, -0.15) is 0 Å². The van der Waals surface area contributed by atoms with Crippen LogP contribution in [-0.2, 0) is 24.2 Å². The lowest BCUT2D eigenvalue weighted by Crippen LogP contribution is -2.24. The van der Waals surface area contributed by atoms with Crippen LogP contribution in [-0.4, -0.2) is 21.6 Å². The van der Waals surface area contributed by atoms with Crippen LogP contribution in [0.25, 0.3) is 10.2 Å². The first kappa shape index (κ1) is 18.4. The summed E-state index contributed by atoms with van der Waals surface area (Å²) in [7, 11) is 0. The molecule has 0 fully saturated rings. The Labute approximate surface area is 167 Å². The molecule has 6 heteroatoms. The molecule has 2 heterocycles. The van der Waals surface area contributed by atoms with Gasteiger partial charge >= 0.3 is 0 Å². The largest absolute Gasteiger partial charge is 0.351 e. The maximum atomic E-state index is 12.3. The average Bonchev–Trinajstić information content (AvgIpc) is 3.02. The first-order chi connectivity index (χ1) is 13.1. The van der Waals surface area contributed by atoms with Gasteiger partial charge in [-0.25, -0.2) is 9.97 Å². The number of nitrogens with one attached hydrogen (secondary N) is 1. The van der Waals surface area contributed by atoms with Crippen LogP contribution in [0.2, 0.25) is 0 Å². The predicted octanol–water partition coefficient (Wildman–Crippen LogP) is 4.53. The third-order valence-corrected chi connectivity index (χ3v) is 7.03. The Morgan fingerprint density at radius 3 is 2.93 bits per heavy atom. The number of thioether (sulfide) groups is 1. The van der Waals surface area contributed by atoms with E-state index in [1.807, 2.05) is 48.6 Å². The summed E-state index contributed by atoms with van der Waals surface area (Å²) >= 11 is 3.34. The van der Waals surface area contributed by atoms with Gasteiger partial charge in [-0.05, 0) is 43.2 Å². The van der Waals surface area contributed by atoms with Crippen LogP contribution in [0.5, 0.6) is 0 Å². The molecule has 140 valence electrons. The molecule has 4 nitrogen and oxygen atoms in total. The number of aryl methyl sites for hydroxylation is 2. The summed E-state index contributed by atoms with van der Waals surface area (Å²) in [5.74, 6) is 1.92. The van der Waals surface area contributed by atoms with E-state index in [-0.39, 0.29) is 5.91 Å². The summed E-state index contributed by atoms with van der Waals surface area (Å²) in [6.07, 6.45) is 3.45. The van der Waals surface area contributed by atoms with E-state index in [0.29, 0.717) is 12.3 Å². The van der Waals surface area contributed by atoms with Gasteiger partial charge in [0.25, 0.3) is 0 Å². The lowest BCUT2D eigenvalue weighted by Gasteiger charge is -2.18. The topological polar surface area (TPSA) is 54.9 Å². The highest BCUT2D eigenvalue weighted by Crippen LogP contribution is 2.40. The Hall–Kier alpha value is -1.92. The van der Waals surface area contributed by atoms with E-state index in [1.54, 1.807) is 0 Å². The maximum absolute atomic E-state index is 12.3. The Morgan fingerprint density at radius 2 is 2.11 bits per heavy atom. The molecule has 0 saturated heterocycles. The number of carbonyl (C=O) groups is 1. The van der Waals surface area contributed by atoms with Crippen LogP contribution >= 0.6 is 23.1 Å². The van der Waals surface area contributed by atoms with Gasteiger partial charge in [0.2, 0.25) is 5.91 Å². The Kier molecular flexibility index (Phi) is 5.45. The molecule has 1 amide bonds. The van der Waals surface area contributed by atoms with Crippen molar-refractivity contribution in [2.24, 2.45) is 5.92 Å². The second-order valence-corrected chi connectivity index (χ2v) is 9.21. The van der Waals surface area contributed by atoms with E-state index >= 15 is 0 Å². The third-order valence-electron chi connectivity index (χ3n) is 4.91. The summed E-state index contributed by atoms with van der Waals surface area (Å²) in [6, 6.07) is 9.98. The van der Waals surface area contributed by atoms with Crippen LogP contribution in [0.15, 0.2) is 35.4 Å². The molecule has 0 aliphatic heterocycles. The SMILES string of the molecule is Cc1nc(SCC(=O)NCc2ccccc2)c2c3c(sc2n1)C[C@H](C)CC3. The Bertz CT molecular complexity index is 968. The van der Waals surface area contributed by atoms with Crippen molar-refractivity contribution in [3.05, 3.63) is 52.2 Å². The van der Waals surface area contributed by atoms with Crippen molar-refractivity contribution >= 4 is 39.2 Å². The van der Waals surface area contributed by atoms with E-state index in [2.05, 4.69) is 22.2 Å². The second-order valence-electron chi connectivity index (χ2n) is 7.16. The number of fused-ring (bicyclic) bond motifs is 3. The highest BCUT2D eigenvalue weighted by atomic mass is 32.2. The second kappa shape index (κ2) is 7.98. The number of hydrogen-bond donors (Lipinski definition) is 1. The Balaban J connectivity index is 1.49. The zero-order valence-corrected chi connectivity index (χ0v) is 17.3. The highest BCUT2D eigenvalue weighted by molar-refractivity contribution is 8.00. The number of carbonyl (C=O) groups excluding carboxylic acids is 1. The van der Waals surface area contributed by atoms with Gasteiger partial charge < -0.3 is 5.32 Å². The average molecular weight is 398 g/mol. The van der Waals surface area contributed by atoms with E-state index in [1.165, 1.54) is 34.0 Å².